The zero-order valence-corrected chi connectivity index (χ0v) is 5.11. The van der Waals surface area contributed by atoms with Gasteiger partial charge in [-0.3, -0.25) is 0 Å². The summed E-state index contributed by atoms with van der Waals surface area (Å²) in [5.41, 5.74) is -1.50. The van der Waals surface area contributed by atoms with Crippen molar-refractivity contribution in [3.63, 3.8) is 0 Å². The molecule has 0 aromatic heterocycles. The van der Waals surface area contributed by atoms with Gasteiger partial charge in [-0.05, 0) is 6.92 Å². The van der Waals surface area contributed by atoms with E-state index in [4.69, 9.17) is 15.3 Å². The molecule has 0 bridgehead atoms. The van der Waals surface area contributed by atoms with Crippen molar-refractivity contribution in [3.05, 3.63) is 0 Å². The van der Waals surface area contributed by atoms with Gasteiger partial charge in [0, 0.05) is 0 Å². The van der Waals surface area contributed by atoms with Crippen LogP contribution in [0.1, 0.15) is 6.92 Å². The van der Waals surface area contributed by atoms with E-state index in [0.29, 0.717) is 0 Å². The van der Waals surface area contributed by atoms with Crippen molar-refractivity contribution < 1.29 is 20.1 Å². The topological polar surface area (TPSA) is 69.9 Å². The van der Waals surface area contributed by atoms with Crippen LogP contribution in [-0.4, -0.2) is 39.9 Å². The van der Waals surface area contributed by atoms with Crippen LogP contribution in [0.5, 0.6) is 0 Å². The van der Waals surface area contributed by atoms with Crippen LogP contribution in [-0.2, 0) is 4.74 Å². The Bertz CT molecular complexity index is 99.5. The highest BCUT2D eigenvalue weighted by Crippen LogP contribution is 2.23. The average molecular weight is 134 g/mol. The largest absolute Gasteiger partial charge is 0.388 e. The first-order valence-electron chi connectivity index (χ1n) is 2.75. The van der Waals surface area contributed by atoms with E-state index >= 15 is 0 Å². The fourth-order valence-corrected chi connectivity index (χ4v) is 0.684. The Kier molecular flexibility index (Phi) is 1.48. The van der Waals surface area contributed by atoms with E-state index in [-0.39, 0.29) is 6.61 Å². The first-order chi connectivity index (χ1) is 4.05. The fraction of sp³-hybridized carbons (Fsp3) is 1.00. The van der Waals surface area contributed by atoms with Gasteiger partial charge in [0.2, 0.25) is 0 Å². The smallest absolute Gasteiger partial charge is 0.186 e. The molecule has 9 heavy (non-hydrogen) atoms. The number of hydrogen-bond donors (Lipinski definition) is 3. The Hall–Kier alpha value is -0.160. The van der Waals surface area contributed by atoms with Crippen LogP contribution in [0.4, 0.5) is 0 Å². The molecule has 0 spiro atoms. The number of aliphatic hydroxyl groups excluding tert-OH is 2. The van der Waals surface area contributed by atoms with Gasteiger partial charge in [0.1, 0.15) is 11.7 Å². The van der Waals surface area contributed by atoms with Gasteiger partial charge in [-0.15, -0.1) is 0 Å². The summed E-state index contributed by atoms with van der Waals surface area (Å²) in [5, 5.41) is 26.8. The van der Waals surface area contributed by atoms with Crippen LogP contribution in [0.2, 0.25) is 0 Å². The van der Waals surface area contributed by atoms with E-state index in [2.05, 4.69) is 4.74 Å². The molecule has 1 heterocycles. The Morgan fingerprint density at radius 3 is 2.22 bits per heavy atom. The van der Waals surface area contributed by atoms with Gasteiger partial charge in [-0.1, -0.05) is 0 Å². The standard InChI is InChI=1S/C5H10O4/c1-5(8)3(6)2-9-4(5)7/h3-4,6-8H,2H2,1H3. The van der Waals surface area contributed by atoms with Crippen LogP contribution in [0.15, 0.2) is 0 Å². The molecule has 4 heteroatoms. The van der Waals surface area contributed by atoms with E-state index in [1.54, 1.807) is 0 Å². The van der Waals surface area contributed by atoms with Crippen molar-refractivity contribution in [1.29, 1.82) is 0 Å². The molecule has 1 aliphatic rings. The van der Waals surface area contributed by atoms with Crippen LogP contribution < -0.4 is 0 Å². The summed E-state index contributed by atoms with van der Waals surface area (Å²) in [4.78, 5) is 0. The maximum Gasteiger partial charge on any atom is 0.186 e. The highest BCUT2D eigenvalue weighted by atomic mass is 16.6. The summed E-state index contributed by atoms with van der Waals surface area (Å²) >= 11 is 0. The predicted molar refractivity (Wildman–Crippen MR) is 28.6 cm³/mol. The lowest BCUT2D eigenvalue weighted by Gasteiger charge is -2.21. The molecule has 0 aliphatic carbocycles. The third-order valence-corrected chi connectivity index (χ3v) is 1.59. The molecule has 0 amide bonds. The zero-order valence-electron chi connectivity index (χ0n) is 5.11. The van der Waals surface area contributed by atoms with E-state index in [1.165, 1.54) is 6.92 Å². The predicted octanol–water partition coefficient (Wildman–Crippen LogP) is -1.55. The molecule has 0 aromatic rings. The average Bonchev–Trinajstić information content (AvgIpc) is 1.96. The lowest BCUT2D eigenvalue weighted by atomic mass is 10.0. The molecular weight excluding hydrogens is 124 g/mol. The fourth-order valence-electron chi connectivity index (χ4n) is 0.684. The van der Waals surface area contributed by atoms with Crippen LogP contribution >= 0.6 is 0 Å². The molecule has 4 nitrogen and oxygen atoms in total. The summed E-state index contributed by atoms with van der Waals surface area (Å²) in [7, 11) is 0. The van der Waals surface area contributed by atoms with Gasteiger partial charge in [-0.25, -0.2) is 0 Å². The number of hydrogen-bond acceptors (Lipinski definition) is 4. The number of aliphatic hydroxyl groups is 3. The van der Waals surface area contributed by atoms with Crippen molar-refractivity contribution in [2.75, 3.05) is 6.61 Å². The van der Waals surface area contributed by atoms with Crippen molar-refractivity contribution in [3.8, 4) is 0 Å². The minimum atomic E-state index is -1.50. The molecule has 0 saturated carbocycles. The molecule has 0 radical (unpaired) electrons. The highest BCUT2D eigenvalue weighted by molar-refractivity contribution is 4.89. The minimum absolute atomic E-state index is 0.00579. The van der Waals surface area contributed by atoms with Crippen molar-refractivity contribution in [2.45, 2.75) is 24.9 Å². The normalized spacial score (nSPS) is 52.0. The van der Waals surface area contributed by atoms with Crippen LogP contribution in [0.3, 0.4) is 0 Å². The molecule has 3 atom stereocenters. The van der Waals surface area contributed by atoms with Gasteiger partial charge in [0.15, 0.2) is 6.29 Å². The summed E-state index contributed by atoms with van der Waals surface area (Å²) in [6, 6.07) is 0. The van der Waals surface area contributed by atoms with Crippen molar-refractivity contribution in [1.82, 2.24) is 0 Å². The van der Waals surface area contributed by atoms with E-state index in [0.717, 1.165) is 0 Å². The lowest BCUT2D eigenvalue weighted by Crippen LogP contribution is -2.43. The van der Waals surface area contributed by atoms with Gasteiger partial charge >= 0.3 is 0 Å². The lowest BCUT2D eigenvalue weighted by molar-refractivity contribution is -0.162. The van der Waals surface area contributed by atoms with E-state index in [9.17, 15) is 0 Å². The summed E-state index contributed by atoms with van der Waals surface area (Å²) in [6.45, 7) is 1.32. The summed E-state index contributed by atoms with van der Waals surface area (Å²) < 4.78 is 4.54. The van der Waals surface area contributed by atoms with Crippen LogP contribution in [0.25, 0.3) is 0 Å². The molecule has 1 rings (SSSR count). The SMILES string of the molecule is CC1(O)C(O)COC1O. The zero-order chi connectivity index (χ0) is 7.07. The number of ether oxygens (including phenoxy) is 1. The Labute approximate surface area is 52.7 Å². The molecule has 1 fully saturated rings. The second-order valence-electron chi connectivity index (χ2n) is 2.43. The molecule has 54 valence electrons. The van der Waals surface area contributed by atoms with Gasteiger partial charge in [0.05, 0.1) is 6.61 Å². The Balaban J connectivity index is 2.66. The Morgan fingerprint density at radius 1 is 1.56 bits per heavy atom. The second kappa shape index (κ2) is 1.91. The van der Waals surface area contributed by atoms with Gasteiger partial charge < -0.3 is 20.1 Å². The van der Waals surface area contributed by atoms with Crippen molar-refractivity contribution in [2.24, 2.45) is 0 Å². The van der Waals surface area contributed by atoms with Gasteiger partial charge in [0.25, 0.3) is 0 Å². The summed E-state index contributed by atoms with van der Waals surface area (Å²) in [6.07, 6.45) is -2.24. The molecular formula is C5H10O4. The highest BCUT2D eigenvalue weighted by Gasteiger charge is 2.44. The van der Waals surface area contributed by atoms with Gasteiger partial charge in [-0.2, -0.15) is 0 Å². The molecule has 1 saturated heterocycles. The van der Waals surface area contributed by atoms with E-state index in [1.807, 2.05) is 0 Å². The monoisotopic (exact) mass is 134 g/mol. The maximum atomic E-state index is 9.11. The minimum Gasteiger partial charge on any atom is -0.388 e. The van der Waals surface area contributed by atoms with Crippen LogP contribution in [0, 0.1) is 0 Å². The maximum absolute atomic E-state index is 9.11. The first kappa shape index (κ1) is 6.95. The second-order valence-corrected chi connectivity index (χ2v) is 2.43. The van der Waals surface area contributed by atoms with Crippen molar-refractivity contribution >= 4 is 0 Å². The quantitative estimate of drug-likeness (QED) is 0.375. The third-order valence-electron chi connectivity index (χ3n) is 1.59. The first-order valence-corrected chi connectivity index (χ1v) is 2.75. The molecule has 3 unspecified atom stereocenters. The third kappa shape index (κ3) is 0.943. The molecule has 1 aliphatic heterocycles. The van der Waals surface area contributed by atoms with E-state index < -0.39 is 18.0 Å². The molecule has 3 N–H and O–H groups in total. The molecule has 0 aromatic carbocycles. The summed E-state index contributed by atoms with van der Waals surface area (Å²) in [5.74, 6) is 0. The number of rotatable bonds is 0. The Morgan fingerprint density at radius 2 is 2.11 bits per heavy atom.